The van der Waals surface area contributed by atoms with Crippen LogP contribution in [0.1, 0.15) is 12.8 Å². The van der Waals surface area contributed by atoms with E-state index in [-0.39, 0.29) is 4.85 Å². The van der Waals surface area contributed by atoms with Crippen LogP contribution in [0.3, 0.4) is 0 Å². The second kappa shape index (κ2) is 4.91. The lowest BCUT2D eigenvalue weighted by atomic mass is 10.3. The van der Waals surface area contributed by atoms with Gasteiger partial charge in [0.1, 0.15) is 7.59 Å². The fourth-order valence-electron chi connectivity index (χ4n) is 3.68. The van der Waals surface area contributed by atoms with Gasteiger partial charge >= 0.3 is 8.08 Å². The molecule has 0 aromatic heterocycles. The molecule has 0 aliphatic carbocycles. The van der Waals surface area contributed by atoms with Crippen molar-refractivity contribution in [2.45, 2.75) is 82.7 Å². The summed E-state index contributed by atoms with van der Waals surface area (Å²) in [4.78, 5) is 11.4. The van der Waals surface area contributed by atoms with E-state index in [4.69, 9.17) is 4.43 Å². The van der Waals surface area contributed by atoms with Gasteiger partial charge in [-0.3, -0.25) is 0 Å². The van der Waals surface area contributed by atoms with Gasteiger partial charge in [0, 0.05) is 4.85 Å². The molecule has 1 unspecified atom stereocenters. The van der Waals surface area contributed by atoms with Crippen molar-refractivity contribution in [2.75, 3.05) is 0 Å². The maximum atomic E-state index is 11.3. The molecule has 1 heterocycles. The Bertz CT molecular complexity index is 324. The first kappa shape index (κ1) is 17.8. The van der Waals surface area contributed by atoms with Crippen LogP contribution in [0.2, 0.25) is 65.0 Å². The summed E-state index contributed by atoms with van der Waals surface area (Å²) in [5, 5.41) is 0. The third-order valence-electron chi connectivity index (χ3n) is 4.98. The SMILES string of the molecule is C[Si](C)(C)C1([Si](C)(C)C)CCC[Si](O)([Si](C)(C)C)O1. The van der Waals surface area contributed by atoms with E-state index in [1.165, 1.54) is 12.8 Å². The first-order valence-corrected chi connectivity index (χ1v) is 21.2. The molecular weight excluding hydrogens is 300 g/mol. The molecule has 0 bridgehead atoms. The first-order chi connectivity index (χ1) is 8.16. The zero-order chi connectivity index (χ0) is 15.3. The molecule has 1 rings (SSSR count). The molecule has 1 saturated heterocycles. The van der Waals surface area contributed by atoms with Crippen LogP contribution in [-0.2, 0) is 4.43 Å². The number of hydrogen-bond acceptors (Lipinski definition) is 2. The van der Waals surface area contributed by atoms with Gasteiger partial charge in [0.2, 0.25) is 0 Å². The second-order valence-electron chi connectivity index (χ2n) is 9.32. The normalized spacial score (nSPS) is 29.4. The fraction of sp³-hybridized carbons (Fsp3) is 1.00. The molecule has 0 spiro atoms. The van der Waals surface area contributed by atoms with Crippen LogP contribution in [0.25, 0.3) is 0 Å². The molecule has 0 aromatic carbocycles. The van der Waals surface area contributed by atoms with Gasteiger partial charge in [-0.15, -0.1) is 0 Å². The van der Waals surface area contributed by atoms with Crippen molar-refractivity contribution in [3.63, 3.8) is 0 Å². The van der Waals surface area contributed by atoms with Crippen LogP contribution in [0, 0.1) is 0 Å². The summed E-state index contributed by atoms with van der Waals surface area (Å²) in [5.41, 5.74) is 0. The van der Waals surface area contributed by atoms with E-state index < -0.39 is 31.8 Å². The topological polar surface area (TPSA) is 29.5 Å². The van der Waals surface area contributed by atoms with Crippen LogP contribution in [0.4, 0.5) is 0 Å². The molecule has 1 fully saturated rings. The average molecular weight is 335 g/mol. The van der Waals surface area contributed by atoms with Gasteiger partial charge in [-0.2, -0.15) is 0 Å². The molecule has 2 nitrogen and oxygen atoms in total. The molecule has 19 heavy (non-hydrogen) atoms. The van der Waals surface area contributed by atoms with Crippen LogP contribution < -0.4 is 0 Å². The molecule has 0 aromatic rings. The molecular formula is C13H34O2Si4. The molecule has 114 valence electrons. The van der Waals surface area contributed by atoms with Crippen molar-refractivity contribution in [2.24, 2.45) is 0 Å². The Morgan fingerprint density at radius 3 is 1.63 bits per heavy atom. The zero-order valence-corrected chi connectivity index (χ0v) is 18.5. The Morgan fingerprint density at radius 2 is 1.32 bits per heavy atom. The zero-order valence-electron chi connectivity index (χ0n) is 14.5. The predicted molar refractivity (Wildman–Crippen MR) is 95.9 cm³/mol. The lowest BCUT2D eigenvalue weighted by Crippen LogP contribution is -2.77. The fourth-order valence-corrected chi connectivity index (χ4v) is 25.3. The number of hydrogen-bond donors (Lipinski definition) is 1. The lowest BCUT2D eigenvalue weighted by molar-refractivity contribution is 0.136. The maximum Gasteiger partial charge on any atom is 0.313 e. The Balaban J connectivity index is 3.30. The van der Waals surface area contributed by atoms with E-state index in [0.717, 1.165) is 6.04 Å². The van der Waals surface area contributed by atoms with Crippen molar-refractivity contribution in [1.29, 1.82) is 0 Å². The Morgan fingerprint density at radius 1 is 0.895 bits per heavy atom. The molecule has 1 aliphatic rings. The van der Waals surface area contributed by atoms with Gasteiger partial charge in [0.15, 0.2) is 0 Å². The quantitative estimate of drug-likeness (QED) is 0.786. The summed E-state index contributed by atoms with van der Waals surface area (Å²) in [6, 6.07) is 0.972. The van der Waals surface area contributed by atoms with E-state index in [9.17, 15) is 4.80 Å². The standard InChI is InChI=1S/C13H34O2Si4/c1-16(2,3)13(17(4,5)6)11-10-12-19(14,15-13)18(7,8)9/h14H,10-12H2,1-9H3. The van der Waals surface area contributed by atoms with Gasteiger partial charge in [0.25, 0.3) is 0 Å². The van der Waals surface area contributed by atoms with E-state index in [2.05, 4.69) is 58.9 Å². The van der Waals surface area contributed by atoms with Crippen LogP contribution in [0.5, 0.6) is 0 Å². The van der Waals surface area contributed by atoms with Crippen molar-refractivity contribution in [3.8, 4) is 0 Å². The summed E-state index contributed by atoms with van der Waals surface area (Å²) in [6.07, 6.45) is 2.37. The van der Waals surface area contributed by atoms with Gasteiger partial charge in [-0.1, -0.05) is 58.9 Å². The molecule has 1 atom stereocenters. The lowest BCUT2D eigenvalue weighted by Gasteiger charge is -2.59. The smallest absolute Gasteiger partial charge is 0.313 e. The highest BCUT2D eigenvalue weighted by Gasteiger charge is 2.62. The van der Waals surface area contributed by atoms with Gasteiger partial charge < -0.3 is 9.22 Å². The highest BCUT2D eigenvalue weighted by molar-refractivity contribution is 7.36. The Kier molecular flexibility index (Phi) is 4.61. The third kappa shape index (κ3) is 3.03. The second-order valence-corrected chi connectivity index (χ2v) is 34.0. The minimum atomic E-state index is -2.48. The van der Waals surface area contributed by atoms with Crippen LogP contribution >= 0.6 is 0 Å². The molecule has 6 heteroatoms. The maximum absolute atomic E-state index is 11.3. The van der Waals surface area contributed by atoms with E-state index >= 15 is 0 Å². The monoisotopic (exact) mass is 334 g/mol. The highest BCUT2D eigenvalue weighted by Crippen LogP contribution is 2.46. The average Bonchev–Trinajstić information content (AvgIpc) is 2.12. The van der Waals surface area contributed by atoms with Crippen molar-refractivity contribution in [1.82, 2.24) is 0 Å². The molecule has 0 amide bonds. The summed E-state index contributed by atoms with van der Waals surface area (Å²) in [5.74, 6) is 0. The summed E-state index contributed by atoms with van der Waals surface area (Å²) in [7, 11) is -7.04. The number of rotatable bonds is 3. The molecule has 1 aliphatic heterocycles. The van der Waals surface area contributed by atoms with Crippen molar-refractivity contribution in [3.05, 3.63) is 0 Å². The van der Waals surface area contributed by atoms with E-state index in [1.807, 2.05) is 0 Å². The molecule has 0 radical (unpaired) electrons. The predicted octanol–water partition coefficient (Wildman–Crippen LogP) is 4.14. The van der Waals surface area contributed by atoms with Crippen LogP contribution in [0.15, 0.2) is 0 Å². The van der Waals surface area contributed by atoms with E-state index in [0.29, 0.717) is 0 Å². The van der Waals surface area contributed by atoms with Crippen molar-refractivity contribution >= 4 is 31.8 Å². The minimum Gasteiger partial charge on any atom is -0.413 e. The highest BCUT2D eigenvalue weighted by atomic mass is 29.3. The van der Waals surface area contributed by atoms with Gasteiger partial charge in [0.05, 0.1) is 16.1 Å². The van der Waals surface area contributed by atoms with E-state index in [1.54, 1.807) is 0 Å². The Labute approximate surface area is 124 Å². The first-order valence-electron chi connectivity index (χ1n) is 7.59. The summed E-state index contributed by atoms with van der Waals surface area (Å²) >= 11 is 0. The van der Waals surface area contributed by atoms with Crippen molar-refractivity contribution < 1.29 is 9.22 Å². The molecule has 0 saturated carbocycles. The third-order valence-corrected chi connectivity index (χ3v) is 27.6. The molecule has 1 N–H and O–H groups in total. The minimum absolute atomic E-state index is 0.0690. The summed E-state index contributed by atoms with van der Waals surface area (Å²) in [6.45, 7) is 21.5. The van der Waals surface area contributed by atoms with Crippen LogP contribution in [-0.4, -0.2) is 41.5 Å². The van der Waals surface area contributed by atoms with Gasteiger partial charge in [-0.05, 0) is 18.9 Å². The van der Waals surface area contributed by atoms with Gasteiger partial charge in [-0.25, -0.2) is 0 Å². The largest absolute Gasteiger partial charge is 0.413 e. The summed E-state index contributed by atoms with van der Waals surface area (Å²) < 4.78 is 6.83. The Hall–Kier alpha value is 0.788.